The maximum Gasteiger partial charge on any atom is 0.161 e. The molecule has 2 unspecified atom stereocenters. The number of nitrogens with zero attached hydrogens (tertiary/aromatic N) is 4. The number of hydrogen-bond donors (Lipinski definition) is 0. The maximum absolute atomic E-state index is 7.18. The predicted molar refractivity (Wildman–Crippen MR) is 393 cm³/mol. The number of benzene rings is 14. The quantitative estimate of drug-likeness (QED) is 0.166. The molecule has 4 aromatic heterocycles. The Balaban J connectivity index is 0.631. The second-order valence-corrected chi connectivity index (χ2v) is 26.5. The zero-order chi connectivity index (χ0) is 63.4. The Morgan fingerprint density at radius 2 is 0.773 bits per heavy atom. The van der Waals surface area contributed by atoms with Gasteiger partial charge < -0.3 is 13.4 Å². The molecule has 4 aliphatic rings. The van der Waals surface area contributed by atoms with E-state index in [1.54, 1.807) is 0 Å². The van der Waals surface area contributed by atoms with Crippen molar-refractivity contribution in [2.24, 2.45) is 0 Å². The first-order valence-corrected chi connectivity index (χ1v) is 33.6. The monoisotopic (exact) mass is 1230 g/mol. The maximum atomic E-state index is 7.18. The summed E-state index contributed by atoms with van der Waals surface area (Å²) in [6.07, 6.45) is 0. The van der Waals surface area contributed by atoms with E-state index in [2.05, 4.69) is 309 Å². The molecule has 0 radical (unpaired) electrons. The van der Waals surface area contributed by atoms with E-state index in [1.807, 2.05) is 0 Å². The van der Waals surface area contributed by atoms with Crippen molar-refractivity contribution < 1.29 is 8.83 Å². The Labute approximate surface area is 557 Å². The molecule has 6 heteroatoms. The summed E-state index contributed by atoms with van der Waals surface area (Å²) in [5, 5.41) is 5.50. The first kappa shape index (κ1) is 52.9. The van der Waals surface area contributed by atoms with Crippen LogP contribution in [0.5, 0.6) is 0 Å². The van der Waals surface area contributed by atoms with Crippen LogP contribution in [-0.4, -0.2) is 19.5 Å². The highest BCUT2D eigenvalue weighted by atomic mass is 16.3. The summed E-state index contributed by atoms with van der Waals surface area (Å²) in [5.74, 6) is 1.66. The van der Waals surface area contributed by atoms with Crippen LogP contribution in [0.2, 0.25) is 0 Å². The molecule has 4 aliphatic carbocycles. The molecule has 0 fully saturated rings. The molecule has 2 atom stereocenters. The average molecular weight is 1240 g/mol. The van der Waals surface area contributed by atoms with Gasteiger partial charge in [-0.1, -0.05) is 261 Å². The molecule has 450 valence electrons. The summed E-state index contributed by atoms with van der Waals surface area (Å²) in [4.78, 5) is 16.2. The van der Waals surface area contributed by atoms with Crippen LogP contribution in [-0.2, 0) is 17.4 Å². The standard InChI is InChI=1S/C91H54N4O2/c1-2-95-78-51-56(42-48-77(78)93-89(95)54-40-38-52(39-41-54)57-28-18-34-72-81(57)61-23-6-12-30-68(61)90(72)70-32-14-8-25-63(70)83-74(90)46-44-59-58-22-11-17-37-79(58)96-86(59)83)55-43-49-80-67(50-55)60-45-47-75-84(87(60)97-80)64-26-9-15-33-71(64)91(75)69-31-13-7-24-62(69)82-66(29-19-35-73(82)91)88-92-76-36-16-10-27-65(76)85(94-88)53-20-4-3-5-21-53/h3-51H,2H2,1H3. The van der Waals surface area contributed by atoms with Crippen molar-refractivity contribution in [1.29, 1.82) is 0 Å². The molecule has 0 saturated heterocycles. The number of para-hydroxylation sites is 2. The number of furan rings is 2. The van der Waals surface area contributed by atoms with Crippen molar-refractivity contribution in [2.45, 2.75) is 24.3 Å². The third-order valence-corrected chi connectivity index (χ3v) is 22.1. The third kappa shape index (κ3) is 6.80. The van der Waals surface area contributed by atoms with Crippen LogP contribution in [0.3, 0.4) is 0 Å². The van der Waals surface area contributed by atoms with Gasteiger partial charge in [0.2, 0.25) is 0 Å². The van der Waals surface area contributed by atoms with Crippen molar-refractivity contribution >= 4 is 65.8 Å². The normalized spacial score (nSPS) is 15.8. The molecule has 22 rings (SSSR count). The number of hydrogen-bond acceptors (Lipinski definition) is 5. The largest absolute Gasteiger partial charge is 0.455 e. The van der Waals surface area contributed by atoms with Gasteiger partial charge in [-0.15, -0.1) is 0 Å². The van der Waals surface area contributed by atoms with Gasteiger partial charge in [-0.3, -0.25) is 0 Å². The Kier molecular flexibility index (Phi) is 10.5. The van der Waals surface area contributed by atoms with Gasteiger partial charge in [0.1, 0.15) is 28.2 Å². The topological polar surface area (TPSA) is 69.9 Å². The number of rotatable bonds is 6. The van der Waals surface area contributed by atoms with Crippen LogP contribution in [0, 0.1) is 0 Å². The van der Waals surface area contributed by atoms with E-state index < -0.39 is 10.8 Å². The van der Waals surface area contributed by atoms with Gasteiger partial charge in [-0.2, -0.15) is 0 Å². The summed E-state index contributed by atoms with van der Waals surface area (Å²) in [7, 11) is 0. The van der Waals surface area contributed by atoms with Crippen molar-refractivity contribution in [3.63, 3.8) is 0 Å². The lowest BCUT2D eigenvalue weighted by atomic mass is 9.70. The summed E-state index contributed by atoms with van der Waals surface area (Å²) >= 11 is 0. The van der Waals surface area contributed by atoms with E-state index in [-0.39, 0.29) is 0 Å². The SMILES string of the molecule is CCn1c(-c2ccc(-c3cccc4c3-c3ccccc3C43c4ccccc4-c4c3ccc3c4oc4ccccc43)cc2)nc2ccc(-c3ccc4oc5c6c(ccc5c4c3)C3(c4ccccc4-c4c(-c5nc(-c7ccccc7)c7ccccc7n5)cccc43)c3ccccc3-6)cc21. The third-order valence-electron chi connectivity index (χ3n) is 22.1. The molecule has 4 heterocycles. The molecule has 0 N–H and O–H groups in total. The fraction of sp³-hybridized carbons (Fsp3) is 0.0440. The Bertz CT molecular complexity index is 6510. The summed E-state index contributed by atoms with van der Waals surface area (Å²) in [5.41, 5.74) is 33.9. The van der Waals surface area contributed by atoms with Gasteiger partial charge in [0.25, 0.3) is 0 Å². The average Bonchev–Trinajstić information content (AvgIpc) is 1.51. The van der Waals surface area contributed by atoms with E-state index in [9.17, 15) is 0 Å². The van der Waals surface area contributed by atoms with E-state index in [0.717, 1.165) is 128 Å². The van der Waals surface area contributed by atoms with Gasteiger partial charge in [-0.05, 0) is 143 Å². The van der Waals surface area contributed by atoms with E-state index >= 15 is 0 Å². The second kappa shape index (κ2) is 19.3. The Hall–Kier alpha value is -12.5. The molecule has 0 bridgehead atoms. The lowest BCUT2D eigenvalue weighted by molar-refractivity contribution is 0.668. The van der Waals surface area contributed by atoms with Crippen LogP contribution in [0.4, 0.5) is 0 Å². The molecule has 0 saturated carbocycles. The minimum Gasteiger partial charge on any atom is -0.455 e. The number of aromatic nitrogens is 4. The highest BCUT2D eigenvalue weighted by Gasteiger charge is 2.55. The van der Waals surface area contributed by atoms with Crippen LogP contribution >= 0.6 is 0 Å². The first-order valence-electron chi connectivity index (χ1n) is 33.6. The molecule has 2 spiro atoms. The first-order chi connectivity index (χ1) is 48.1. The lowest BCUT2D eigenvalue weighted by Gasteiger charge is -2.30. The molecular formula is C91H54N4O2. The van der Waals surface area contributed by atoms with Gasteiger partial charge in [0, 0.05) is 61.3 Å². The fourth-order valence-corrected chi connectivity index (χ4v) is 18.2. The molecule has 18 aromatic rings. The lowest BCUT2D eigenvalue weighted by Crippen LogP contribution is -2.25. The summed E-state index contributed by atoms with van der Waals surface area (Å²) in [6, 6.07) is 109. The van der Waals surface area contributed by atoms with Gasteiger partial charge >= 0.3 is 0 Å². The summed E-state index contributed by atoms with van der Waals surface area (Å²) < 4.78 is 16.4. The van der Waals surface area contributed by atoms with Crippen molar-refractivity contribution in [3.05, 3.63) is 342 Å². The summed E-state index contributed by atoms with van der Waals surface area (Å²) in [6.45, 7) is 2.98. The zero-order valence-electron chi connectivity index (χ0n) is 52.6. The predicted octanol–water partition coefficient (Wildman–Crippen LogP) is 22.8. The van der Waals surface area contributed by atoms with Crippen LogP contribution in [0.15, 0.2) is 306 Å². The number of fused-ring (bicyclic) bond motifs is 30. The minimum atomic E-state index is -0.619. The fourth-order valence-electron chi connectivity index (χ4n) is 18.2. The zero-order valence-corrected chi connectivity index (χ0v) is 52.6. The second-order valence-electron chi connectivity index (χ2n) is 26.5. The highest BCUT2D eigenvalue weighted by Crippen LogP contribution is 2.67. The molecular weight excluding hydrogens is 1180 g/mol. The number of aryl methyl sites for hydroxylation is 1. The molecule has 6 nitrogen and oxygen atoms in total. The van der Waals surface area contributed by atoms with Gasteiger partial charge in [0.15, 0.2) is 5.82 Å². The molecule has 0 aliphatic heterocycles. The highest BCUT2D eigenvalue weighted by molar-refractivity contribution is 6.16. The van der Waals surface area contributed by atoms with E-state index in [1.165, 1.54) is 83.5 Å². The van der Waals surface area contributed by atoms with Crippen molar-refractivity contribution in [3.8, 4) is 101 Å². The van der Waals surface area contributed by atoms with E-state index in [0.29, 0.717) is 5.82 Å². The van der Waals surface area contributed by atoms with Crippen LogP contribution in [0.25, 0.3) is 167 Å². The molecule has 0 amide bonds. The van der Waals surface area contributed by atoms with Gasteiger partial charge in [0.05, 0.1) is 33.1 Å². The molecule has 97 heavy (non-hydrogen) atoms. The van der Waals surface area contributed by atoms with Gasteiger partial charge in [-0.25, -0.2) is 15.0 Å². The number of imidazole rings is 1. The van der Waals surface area contributed by atoms with Crippen LogP contribution in [0.1, 0.15) is 51.4 Å². The van der Waals surface area contributed by atoms with Crippen molar-refractivity contribution in [2.75, 3.05) is 0 Å². The Morgan fingerprint density at radius 3 is 1.42 bits per heavy atom. The van der Waals surface area contributed by atoms with E-state index in [4.69, 9.17) is 23.8 Å². The smallest absolute Gasteiger partial charge is 0.161 e. The minimum absolute atomic E-state index is 0.518. The molecule has 14 aromatic carbocycles. The Morgan fingerprint density at radius 1 is 0.299 bits per heavy atom. The van der Waals surface area contributed by atoms with Crippen molar-refractivity contribution in [1.82, 2.24) is 19.5 Å². The van der Waals surface area contributed by atoms with Crippen LogP contribution < -0.4 is 0 Å².